The molecule has 3 heterocycles. The maximum Gasteiger partial charge on any atom is 0.392 e. The molecule has 1 fully saturated rings. The van der Waals surface area contributed by atoms with Crippen LogP contribution in [0.2, 0.25) is 0 Å². The first-order valence-corrected chi connectivity index (χ1v) is 11.2. The van der Waals surface area contributed by atoms with Gasteiger partial charge >= 0.3 is 6.18 Å². The lowest BCUT2D eigenvalue weighted by Gasteiger charge is -2.34. The molecule has 4 rings (SSSR count). The zero-order valence-corrected chi connectivity index (χ0v) is 18.5. The second-order valence-corrected chi connectivity index (χ2v) is 8.71. The van der Waals surface area contributed by atoms with Crippen molar-refractivity contribution < 1.29 is 23.0 Å². The fourth-order valence-electron chi connectivity index (χ4n) is 4.72. The Morgan fingerprint density at radius 1 is 1.09 bits per heavy atom. The van der Waals surface area contributed by atoms with E-state index in [0.717, 1.165) is 62.1 Å². The molecule has 2 aromatic rings. The Hall–Kier alpha value is -2.42. The Morgan fingerprint density at radius 2 is 1.78 bits per heavy atom. The van der Waals surface area contributed by atoms with Crippen LogP contribution in [0, 0.1) is 13.8 Å². The summed E-state index contributed by atoms with van der Waals surface area (Å²) in [5.74, 6) is 1.14. The molecule has 0 saturated carbocycles. The molecule has 32 heavy (non-hydrogen) atoms. The first-order chi connectivity index (χ1) is 15.2. The van der Waals surface area contributed by atoms with Gasteiger partial charge in [0.1, 0.15) is 0 Å². The molecule has 0 bridgehead atoms. The van der Waals surface area contributed by atoms with Crippen molar-refractivity contribution in [2.24, 2.45) is 0 Å². The number of halogens is 3. The fraction of sp³-hybridized carbons (Fsp3) is 0.609. The normalized spacial score (nSPS) is 19.7. The predicted molar refractivity (Wildman–Crippen MR) is 114 cm³/mol. The number of fused-ring (bicyclic) bond motifs is 1. The van der Waals surface area contributed by atoms with E-state index < -0.39 is 25.3 Å². The lowest BCUT2D eigenvalue weighted by molar-refractivity contribution is -0.139. The van der Waals surface area contributed by atoms with Gasteiger partial charge in [-0.3, -0.25) is 4.98 Å². The molecule has 2 aromatic heterocycles. The number of pyridine rings is 1. The highest BCUT2D eigenvalue weighted by Crippen LogP contribution is 2.37. The fourth-order valence-corrected chi connectivity index (χ4v) is 4.72. The van der Waals surface area contributed by atoms with E-state index in [1.807, 2.05) is 0 Å². The second kappa shape index (κ2) is 9.21. The summed E-state index contributed by atoms with van der Waals surface area (Å²) in [6.07, 6.45) is 1.73. The quantitative estimate of drug-likeness (QED) is 0.719. The van der Waals surface area contributed by atoms with Crippen molar-refractivity contribution in [1.82, 2.24) is 15.0 Å². The Morgan fingerprint density at radius 3 is 2.44 bits per heavy atom. The van der Waals surface area contributed by atoms with Crippen molar-refractivity contribution >= 4 is 5.95 Å². The van der Waals surface area contributed by atoms with E-state index in [2.05, 4.69) is 28.7 Å². The Kier molecular flexibility index (Phi) is 6.55. The van der Waals surface area contributed by atoms with Gasteiger partial charge in [-0.05, 0) is 57.1 Å². The van der Waals surface area contributed by atoms with Crippen LogP contribution in [0.25, 0.3) is 0 Å². The first-order valence-electron chi connectivity index (χ1n) is 11.2. The number of piperidine rings is 1. The molecule has 1 saturated heterocycles. The number of hydrogen-bond acceptors (Lipinski definition) is 6. The van der Waals surface area contributed by atoms with E-state index in [9.17, 15) is 18.3 Å². The number of alkyl halides is 3. The van der Waals surface area contributed by atoms with E-state index in [0.29, 0.717) is 11.9 Å². The summed E-state index contributed by atoms with van der Waals surface area (Å²) in [5.41, 5.74) is 5.57. The maximum absolute atomic E-state index is 12.2. The third-order valence-corrected chi connectivity index (χ3v) is 6.57. The summed E-state index contributed by atoms with van der Waals surface area (Å²) in [6.45, 7) is 5.31. The molecular formula is C23H29F3N4O2. The third-order valence-electron chi connectivity index (χ3n) is 6.57. The Balaban J connectivity index is 1.38. The summed E-state index contributed by atoms with van der Waals surface area (Å²) in [5, 5.41) is 10.4. The molecule has 0 aromatic carbocycles. The molecule has 1 atom stereocenters. The molecule has 6 nitrogen and oxygen atoms in total. The minimum absolute atomic E-state index is 0.236. The van der Waals surface area contributed by atoms with E-state index in [1.165, 1.54) is 23.5 Å². The van der Waals surface area contributed by atoms with Crippen LogP contribution in [-0.2, 0) is 6.42 Å². The van der Waals surface area contributed by atoms with Crippen LogP contribution in [0.3, 0.4) is 0 Å². The predicted octanol–water partition coefficient (Wildman–Crippen LogP) is 4.57. The monoisotopic (exact) mass is 450 g/mol. The van der Waals surface area contributed by atoms with Gasteiger partial charge in [-0.1, -0.05) is 0 Å². The van der Waals surface area contributed by atoms with Crippen LogP contribution in [0.1, 0.15) is 72.2 Å². The molecule has 1 aliphatic heterocycles. The number of nitrogens with zero attached hydrogens (tertiary/aromatic N) is 4. The third kappa shape index (κ3) is 4.98. The minimum Gasteiger partial charge on any atom is -0.490 e. The Bertz CT molecular complexity index is 942. The number of aromatic nitrogens is 3. The lowest BCUT2D eigenvalue weighted by atomic mass is 9.84. The second-order valence-electron chi connectivity index (χ2n) is 8.71. The Labute approximate surface area is 185 Å². The van der Waals surface area contributed by atoms with Gasteiger partial charge in [0.2, 0.25) is 5.95 Å². The molecule has 1 unspecified atom stereocenters. The van der Waals surface area contributed by atoms with E-state index in [1.54, 1.807) is 0 Å². The zero-order valence-electron chi connectivity index (χ0n) is 18.5. The molecule has 0 spiro atoms. The molecule has 1 aliphatic carbocycles. The first kappa shape index (κ1) is 22.8. The number of aryl methyl sites for hydroxylation is 1. The van der Waals surface area contributed by atoms with Gasteiger partial charge in [0.15, 0.2) is 5.75 Å². The minimum atomic E-state index is -4.24. The number of anilines is 1. The molecule has 2 aliphatic rings. The van der Waals surface area contributed by atoms with Crippen LogP contribution in [0.4, 0.5) is 19.1 Å². The average molecular weight is 451 g/mol. The average Bonchev–Trinajstić information content (AvgIpc) is 2.76. The SMILES string of the molecule is Cc1c(C2CCN(c3ncc(OCCC(F)(F)F)cn3)CC2)nc2c(c1C)C(O)CCC2. The van der Waals surface area contributed by atoms with Crippen molar-refractivity contribution in [3.8, 4) is 5.75 Å². The largest absolute Gasteiger partial charge is 0.490 e. The van der Waals surface area contributed by atoms with E-state index >= 15 is 0 Å². The van der Waals surface area contributed by atoms with Gasteiger partial charge in [-0.2, -0.15) is 13.2 Å². The standard InChI is InChI=1S/C23H29F3N4O2/c1-14-15(2)21(29-18-4-3-5-19(31)20(14)18)16-6-9-30(10-7-16)22-27-12-17(13-28-22)32-11-8-23(24,25)26/h12-13,16,19,31H,3-11H2,1-2H3. The highest BCUT2D eigenvalue weighted by Gasteiger charge is 2.29. The van der Waals surface area contributed by atoms with E-state index in [-0.39, 0.29) is 5.75 Å². The zero-order chi connectivity index (χ0) is 22.9. The van der Waals surface area contributed by atoms with Gasteiger partial charge in [0.05, 0.1) is 31.5 Å². The smallest absolute Gasteiger partial charge is 0.392 e. The van der Waals surface area contributed by atoms with Crippen molar-refractivity contribution in [2.45, 2.75) is 70.6 Å². The number of hydrogen-bond donors (Lipinski definition) is 1. The summed E-state index contributed by atoms with van der Waals surface area (Å²) < 4.78 is 41.8. The lowest BCUT2D eigenvalue weighted by Crippen LogP contribution is -2.34. The number of aliphatic hydroxyl groups is 1. The van der Waals surface area contributed by atoms with Crippen LogP contribution in [-0.4, -0.2) is 45.9 Å². The molecule has 174 valence electrons. The molecule has 1 N–H and O–H groups in total. The highest BCUT2D eigenvalue weighted by atomic mass is 19.4. The highest BCUT2D eigenvalue weighted by molar-refractivity contribution is 5.43. The van der Waals surface area contributed by atoms with Crippen molar-refractivity contribution in [1.29, 1.82) is 0 Å². The van der Waals surface area contributed by atoms with Crippen molar-refractivity contribution in [2.75, 3.05) is 24.6 Å². The topological polar surface area (TPSA) is 71.4 Å². The molecule has 9 heteroatoms. The van der Waals surface area contributed by atoms with E-state index in [4.69, 9.17) is 9.72 Å². The van der Waals surface area contributed by atoms with Crippen LogP contribution >= 0.6 is 0 Å². The summed E-state index contributed by atoms with van der Waals surface area (Å²) >= 11 is 0. The summed E-state index contributed by atoms with van der Waals surface area (Å²) in [7, 11) is 0. The van der Waals surface area contributed by atoms with Gasteiger partial charge < -0.3 is 14.7 Å². The molecule has 0 amide bonds. The van der Waals surface area contributed by atoms with Gasteiger partial charge in [0, 0.05) is 36.0 Å². The maximum atomic E-state index is 12.2. The molecular weight excluding hydrogens is 421 g/mol. The van der Waals surface area contributed by atoms with Gasteiger partial charge in [0.25, 0.3) is 0 Å². The van der Waals surface area contributed by atoms with Crippen molar-refractivity contribution in [3.05, 3.63) is 40.5 Å². The van der Waals surface area contributed by atoms with Gasteiger partial charge in [-0.15, -0.1) is 0 Å². The number of ether oxygens (including phenoxy) is 1. The van der Waals surface area contributed by atoms with Crippen LogP contribution in [0.15, 0.2) is 12.4 Å². The summed E-state index contributed by atoms with van der Waals surface area (Å²) in [4.78, 5) is 15.6. The van der Waals surface area contributed by atoms with Crippen molar-refractivity contribution in [3.63, 3.8) is 0 Å². The summed E-state index contributed by atoms with van der Waals surface area (Å²) in [6, 6.07) is 0. The number of aliphatic hydroxyl groups excluding tert-OH is 1. The molecule has 0 radical (unpaired) electrons. The van der Waals surface area contributed by atoms with Gasteiger partial charge in [-0.25, -0.2) is 9.97 Å². The van der Waals surface area contributed by atoms with Crippen LogP contribution in [0.5, 0.6) is 5.75 Å². The number of rotatable bonds is 5. The van der Waals surface area contributed by atoms with Crippen LogP contribution < -0.4 is 9.64 Å².